The molecule has 0 saturated carbocycles. The molecule has 0 heterocycles. The van der Waals surface area contributed by atoms with Gasteiger partial charge in [0.1, 0.15) is 0 Å². The first-order valence-electron chi connectivity index (χ1n) is 5.32. The van der Waals surface area contributed by atoms with Crippen molar-refractivity contribution in [3.8, 4) is 0 Å². The highest BCUT2D eigenvalue weighted by atomic mass is 16.1. The van der Waals surface area contributed by atoms with Crippen LogP contribution in [0.25, 0.3) is 0 Å². The maximum absolute atomic E-state index is 11.1. The monoisotopic (exact) mass is 198 g/mol. The van der Waals surface area contributed by atoms with Crippen LogP contribution in [0.2, 0.25) is 0 Å². The van der Waals surface area contributed by atoms with Crippen LogP contribution in [0.5, 0.6) is 0 Å². The summed E-state index contributed by atoms with van der Waals surface area (Å²) in [6, 6.07) is 0. The second kappa shape index (κ2) is 6.46. The third-order valence-electron chi connectivity index (χ3n) is 2.43. The Morgan fingerprint density at radius 2 is 1.71 bits per heavy atom. The van der Waals surface area contributed by atoms with Crippen molar-refractivity contribution in [2.75, 3.05) is 13.1 Å². The van der Waals surface area contributed by atoms with Crippen LogP contribution in [-0.2, 0) is 4.79 Å². The second-order valence-corrected chi connectivity index (χ2v) is 3.36. The molecule has 0 saturated heterocycles. The molecule has 0 aromatic carbocycles. The third-order valence-corrected chi connectivity index (χ3v) is 2.43. The summed E-state index contributed by atoms with van der Waals surface area (Å²) in [6.45, 7) is 9.96. The van der Waals surface area contributed by atoms with E-state index in [9.17, 15) is 4.79 Å². The highest BCUT2D eigenvalue weighted by Crippen LogP contribution is 2.15. The van der Waals surface area contributed by atoms with Gasteiger partial charge >= 0.3 is 0 Å². The molecule has 0 aliphatic carbocycles. The van der Waals surface area contributed by atoms with Crippen LogP contribution in [-0.4, -0.2) is 23.9 Å². The van der Waals surface area contributed by atoms with Crippen molar-refractivity contribution in [2.24, 2.45) is 5.73 Å². The number of carbonyl (C=O) groups excluding carboxylic acids is 1. The molecular formula is C11H22N2O. The van der Waals surface area contributed by atoms with Crippen LogP contribution in [0.15, 0.2) is 11.3 Å². The van der Waals surface area contributed by atoms with E-state index in [2.05, 4.69) is 25.7 Å². The Hall–Kier alpha value is -0.990. The molecule has 1 amide bonds. The average molecular weight is 198 g/mol. The van der Waals surface area contributed by atoms with Crippen molar-refractivity contribution in [2.45, 2.75) is 40.5 Å². The SMILES string of the molecule is CCC/C(=C(\C)C(N)=O)N(CC)CC. The molecule has 0 bridgehead atoms. The van der Waals surface area contributed by atoms with Gasteiger partial charge in [0.2, 0.25) is 5.91 Å². The molecular weight excluding hydrogens is 176 g/mol. The molecule has 0 radical (unpaired) electrons. The predicted molar refractivity (Wildman–Crippen MR) is 59.7 cm³/mol. The number of primary amides is 1. The average Bonchev–Trinajstić information content (AvgIpc) is 2.17. The number of carbonyl (C=O) groups is 1. The molecule has 0 aromatic heterocycles. The lowest BCUT2D eigenvalue weighted by atomic mass is 10.1. The minimum absolute atomic E-state index is 0.305. The number of hydrogen-bond donors (Lipinski definition) is 1. The first-order chi connectivity index (χ1) is 6.58. The minimum Gasteiger partial charge on any atom is -0.375 e. The Balaban J connectivity index is 4.89. The zero-order valence-electron chi connectivity index (χ0n) is 9.76. The number of allylic oxidation sites excluding steroid dienone is 1. The number of amides is 1. The summed E-state index contributed by atoms with van der Waals surface area (Å²) in [4.78, 5) is 13.3. The van der Waals surface area contributed by atoms with Crippen LogP contribution in [0.1, 0.15) is 40.5 Å². The largest absolute Gasteiger partial charge is 0.375 e. The summed E-state index contributed by atoms with van der Waals surface area (Å²) >= 11 is 0. The Labute approximate surface area is 87.0 Å². The van der Waals surface area contributed by atoms with Gasteiger partial charge in [-0.3, -0.25) is 4.79 Å². The molecule has 0 spiro atoms. The van der Waals surface area contributed by atoms with E-state index >= 15 is 0 Å². The summed E-state index contributed by atoms with van der Waals surface area (Å²) in [6.07, 6.45) is 1.97. The molecule has 14 heavy (non-hydrogen) atoms. The first-order valence-corrected chi connectivity index (χ1v) is 5.32. The van der Waals surface area contributed by atoms with E-state index < -0.39 is 0 Å². The van der Waals surface area contributed by atoms with Crippen LogP contribution in [0.3, 0.4) is 0 Å². The summed E-state index contributed by atoms with van der Waals surface area (Å²) < 4.78 is 0. The van der Waals surface area contributed by atoms with Crippen molar-refractivity contribution in [1.29, 1.82) is 0 Å². The van der Waals surface area contributed by atoms with E-state index in [0.717, 1.165) is 31.6 Å². The van der Waals surface area contributed by atoms with Gasteiger partial charge in [-0.1, -0.05) is 13.3 Å². The maximum atomic E-state index is 11.1. The molecule has 0 aliphatic heterocycles. The molecule has 0 rings (SSSR count). The van der Waals surface area contributed by atoms with Gasteiger partial charge in [-0.25, -0.2) is 0 Å². The lowest BCUT2D eigenvalue weighted by Gasteiger charge is -2.25. The van der Waals surface area contributed by atoms with Crippen molar-refractivity contribution >= 4 is 5.91 Å². The number of nitrogens with zero attached hydrogens (tertiary/aromatic N) is 1. The molecule has 0 aromatic rings. The second-order valence-electron chi connectivity index (χ2n) is 3.36. The summed E-state index contributed by atoms with van der Waals surface area (Å²) in [5, 5.41) is 0. The molecule has 0 unspecified atom stereocenters. The Morgan fingerprint density at radius 3 is 2.00 bits per heavy atom. The fourth-order valence-electron chi connectivity index (χ4n) is 1.57. The Morgan fingerprint density at radius 1 is 1.21 bits per heavy atom. The van der Waals surface area contributed by atoms with Crippen LogP contribution in [0, 0.1) is 0 Å². The van der Waals surface area contributed by atoms with E-state index in [0.29, 0.717) is 5.57 Å². The lowest BCUT2D eigenvalue weighted by Crippen LogP contribution is -2.26. The topological polar surface area (TPSA) is 46.3 Å². The molecule has 2 N–H and O–H groups in total. The third kappa shape index (κ3) is 3.40. The van der Waals surface area contributed by atoms with E-state index in [1.165, 1.54) is 0 Å². The zero-order chi connectivity index (χ0) is 11.1. The summed E-state index contributed by atoms with van der Waals surface area (Å²) in [5.74, 6) is -0.305. The smallest absolute Gasteiger partial charge is 0.246 e. The fraction of sp³-hybridized carbons (Fsp3) is 0.727. The lowest BCUT2D eigenvalue weighted by molar-refractivity contribution is -0.114. The van der Waals surface area contributed by atoms with Crippen molar-refractivity contribution < 1.29 is 4.79 Å². The number of hydrogen-bond acceptors (Lipinski definition) is 2. The van der Waals surface area contributed by atoms with Gasteiger partial charge in [-0.05, 0) is 27.2 Å². The Kier molecular flexibility index (Phi) is 6.00. The molecule has 0 aliphatic rings. The zero-order valence-corrected chi connectivity index (χ0v) is 9.76. The highest BCUT2D eigenvalue weighted by molar-refractivity contribution is 5.91. The highest BCUT2D eigenvalue weighted by Gasteiger charge is 2.11. The van der Waals surface area contributed by atoms with E-state index in [4.69, 9.17) is 5.73 Å². The van der Waals surface area contributed by atoms with Gasteiger partial charge in [0, 0.05) is 24.4 Å². The van der Waals surface area contributed by atoms with Crippen molar-refractivity contribution in [3.05, 3.63) is 11.3 Å². The number of rotatable bonds is 6. The molecule has 3 nitrogen and oxygen atoms in total. The summed E-state index contributed by atoms with van der Waals surface area (Å²) in [5.41, 5.74) is 7.10. The molecule has 82 valence electrons. The van der Waals surface area contributed by atoms with Crippen LogP contribution >= 0.6 is 0 Å². The van der Waals surface area contributed by atoms with Gasteiger partial charge in [0.15, 0.2) is 0 Å². The standard InChI is InChI=1S/C11H22N2O/c1-5-8-10(9(4)11(12)14)13(6-2)7-3/h5-8H2,1-4H3,(H2,12,14)/b10-9-. The molecule has 0 atom stereocenters. The first kappa shape index (κ1) is 13.0. The minimum atomic E-state index is -0.305. The van der Waals surface area contributed by atoms with Gasteiger partial charge in [-0.15, -0.1) is 0 Å². The van der Waals surface area contributed by atoms with E-state index in [1.807, 2.05) is 6.92 Å². The van der Waals surface area contributed by atoms with Gasteiger partial charge in [0.05, 0.1) is 0 Å². The normalized spacial score (nSPS) is 12.3. The predicted octanol–water partition coefficient (Wildman–Crippen LogP) is 1.89. The molecule has 0 fully saturated rings. The number of nitrogens with two attached hydrogens (primary N) is 1. The maximum Gasteiger partial charge on any atom is 0.246 e. The van der Waals surface area contributed by atoms with Gasteiger partial charge in [-0.2, -0.15) is 0 Å². The van der Waals surface area contributed by atoms with Crippen LogP contribution in [0.4, 0.5) is 0 Å². The Bertz CT molecular complexity index is 217. The quantitative estimate of drug-likeness (QED) is 0.662. The van der Waals surface area contributed by atoms with Gasteiger partial charge < -0.3 is 10.6 Å². The van der Waals surface area contributed by atoms with Crippen molar-refractivity contribution in [1.82, 2.24) is 4.90 Å². The van der Waals surface area contributed by atoms with Crippen molar-refractivity contribution in [3.63, 3.8) is 0 Å². The summed E-state index contributed by atoms with van der Waals surface area (Å²) in [7, 11) is 0. The van der Waals surface area contributed by atoms with E-state index in [-0.39, 0.29) is 5.91 Å². The molecule has 3 heteroatoms. The van der Waals surface area contributed by atoms with Gasteiger partial charge in [0.25, 0.3) is 0 Å². The fourth-order valence-corrected chi connectivity index (χ4v) is 1.57. The van der Waals surface area contributed by atoms with E-state index in [1.54, 1.807) is 0 Å². The van der Waals surface area contributed by atoms with Crippen LogP contribution < -0.4 is 5.73 Å².